The van der Waals surface area contributed by atoms with Crippen LogP contribution in [0.25, 0.3) is 0 Å². The predicted molar refractivity (Wildman–Crippen MR) is 150 cm³/mol. The van der Waals surface area contributed by atoms with Crippen molar-refractivity contribution in [3.63, 3.8) is 0 Å². The summed E-state index contributed by atoms with van der Waals surface area (Å²) in [4.78, 5) is 11.8. The molecule has 1 aromatic carbocycles. The Morgan fingerprint density at radius 2 is 1.68 bits per heavy atom. The van der Waals surface area contributed by atoms with Crippen molar-refractivity contribution in [3.05, 3.63) is 35.4 Å². The third kappa shape index (κ3) is 4.02. The Morgan fingerprint density at radius 1 is 0.974 bits per heavy atom. The molecule has 0 radical (unpaired) electrons. The number of hydrogen-bond acceptors (Lipinski definition) is 3. The van der Waals surface area contributed by atoms with Gasteiger partial charge in [-0.1, -0.05) is 52.3 Å². The fourth-order valence-corrected chi connectivity index (χ4v) is 11.5. The van der Waals surface area contributed by atoms with Gasteiger partial charge in [0.25, 0.3) is 0 Å². The van der Waals surface area contributed by atoms with Crippen LogP contribution >= 0.6 is 0 Å². The van der Waals surface area contributed by atoms with E-state index in [1.54, 1.807) is 6.07 Å². The lowest BCUT2D eigenvalue weighted by atomic mass is 9.41. The Labute approximate surface area is 229 Å². The van der Waals surface area contributed by atoms with Gasteiger partial charge in [0.1, 0.15) is 0 Å². The summed E-state index contributed by atoms with van der Waals surface area (Å²) in [7, 11) is 0. The third-order valence-corrected chi connectivity index (χ3v) is 13.3. The average Bonchev–Trinajstić information content (AvgIpc) is 3.55. The second kappa shape index (κ2) is 9.61. The van der Waals surface area contributed by atoms with Crippen molar-refractivity contribution in [3.8, 4) is 0 Å². The zero-order valence-corrected chi connectivity index (χ0v) is 24.0. The molecule has 1 aromatic rings. The first-order valence-electron chi connectivity index (χ1n) is 15.8. The highest BCUT2D eigenvalue weighted by atomic mass is 16.4. The molecule has 5 aliphatic carbocycles. The molecule has 0 spiro atoms. The number of carboxylic acid groups (broad SMARTS) is 1. The van der Waals surface area contributed by atoms with Crippen LogP contribution in [0.4, 0.5) is 0 Å². The molecule has 5 fully saturated rings. The molecule has 4 unspecified atom stereocenters. The lowest BCUT2D eigenvalue weighted by molar-refractivity contribution is -0.203. The average molecular weight is 523 g/mol. The molecule has 13 atom stereocenters. The van der Waals surface area contributed by atoms with Gasteiger partial charge in [0.15, 0.2) is 0 Å². The van der Waals surface area contributed by atoms with Crippen molar-refractivity contribution in [1.82, 2.24) is 0 Å². The first-order valence-corrected chi connectivity index (χ1v) is 15.8. The summed E-state index contributed by atoms with van der Waals surface area (Å²) in [5.41, 5.74) is 2.07. The van der Waals surface area contributed by atoms with E-state index in [2.05, 4.69) is 27.7 Å². The summed E-state index contributed by atoms with van der Waals surface area (Å²) >= 11 is 0. The molecule has 5 aliphatic rings. The Kier molecular flexibility index (Phi) is 6.78. The van der Waals surface area contributed by atoms with Crippen LogP contribution in [0.2, 0.25) is 0 Å². The molecule has 4 heteroatoms. The van der Waals surface area contributed by atoms with Gasteiger partial charge < -0.3 is 15.3 Å². The van der Waals surface area contributed by atoms with Gasteiger partial charge in [0.05, 0.1) is 17.8 Å². The monoisotopic (exact) mass is 522 g/mol. The maximum atomic E-state index is 11.9. The number of benzene rings is 1. The van der Waals surface area contributed by atoms with Crippen LogP contribution in [0, 0.1) is 58.2 Å². The van der Waals surface area contributed by atoms with E-state index in [0.717, 1.165) is 37.7 Å². The van der Waals surface area contributed by atoms with Gasteiger partial charge in [-0.2, -0.15) is 0 Å². The number of carbonyl (C=O) groups is 1. The minimum atomic E-state index is -0.804. The molecular formula is C34H50O4. The zero-order valence-electron chi connectivity index (χ0n) is 24.0. The fraction of sp³-hybridized carbons (Fsp3) is 0.794. The van der Waals surface area contributed by atoms with Crippen LogP contribution in [0.1, 0.15) is 114 Å². The molecule has 0 saturated heterocycles. The number of hydrogen-bond donors (Lipinski definition) is 3. The molecule has 4 nitrogen and oxygen atoms in total. The minimum absolute atomic E-state index is 0.190. The number of carboxylic acids is 1. The first kappa shape index (κ1) is 26.8. The van der Waals surface area contributed by atoms with Gasteiger partial charge in [-0.25, -0.2) is 4.79 Å². The van der Waals surface area contributed by atoms with Crippen molar-refractivity contribution in [2.75, 3.05) is 0 Å². The zero-order chi connectivity index (χ0) is 27.0. The van der Waals surface area contributed by atoms with Crippen molar-refractivity contribution >= 4 is 5.97 Å². The molecule has 3 N–H and O–H groups in total. The number of aromatic carboxylic acids is 1. The summed E-state index contributed by atoms with van der Waals surface area (Å²) in [6, 6.07) is 7.61. The lowest BCUT2D eigenvalue weighted by Gasteiger charge is -2.64. The van der Waals surface area contributed by atoms with Crippen LogP contribution in [0.15, 0.2) is 24.3 Å². The number of aliphatic hydroxyl groups is 2. The van der Waals surface area contributed by atoms with Crippen molar-refractivity contribution in [1.29, 1.82) is 0 Å². The summed E-state index contributed by atoms with van der Waals surface area (Å²) < 4.78 is 0. The van der Waals surface area contributed by atoms with E-state index in [1.807, 2.05) is 18.2 Å². The molecule has 6 rings (SSSR count). The molecule has 210 valence electrons. The standard InChI is InChI=1S/C34H50O4/c1-5-22-29-18-21(35)12-14-34(29,4)28-13-15-33(3)26(10-11-27(33)30(28)31(22)36)19(2)16-20-17-25(20)23-8-6-7-9-24(23)32(37)38/h6-9,19-22,25-31,35-36H,5,10-18H2,1-4H3,(H,37,38)/t19-,20?,21-,22-,25-,26-,27?,28?,29+,30?,31-,33-,34-/m1/s1. The van der Waals surface area contributed by atoms with Crippen molar-refractivity contribution in [2.24, 2.45) is 58.2 Å². The van der Waals surface area contributed by atoms with Crippen LogP contribution in [-0.4, -0.2) is 33.5 Å². The van der Waals surface area contributed by atoms with Crippen molar-refractivity contribution < 1.29 is 20.1 Å². The van der Waals surface area contributed by atoms with Crippen LogP contribution in [-0.2, 0) is 0 Å². The van der Waals surface area contributed by atoms with Gasteiger partial charge in [0, 0.05) is 0 Å². The topological polar surface area (TPSA) is 77.8 Å². The van der Waals surface area contributed by atoms with Crippen molar-refractivity contribution in [2.45, 2.75) is 110 Å². The molecular weight excluding hydrogens is 472 g/mol. The molecule has 38 heavy (non-hydrogen) atoms. The van der Waals surface area contributed by atoms with E-state index in [4.69, 9.17) is 0 Å². The second-order valence-electron chi connectivity index (χ2n) is 14.8. The maximum Gasteiger partial charge on any atom is 0.335 e. The normalized spacial score (nSPS) is 48.5. The van der Waals surface area contributed by atoms with E-state index in [9.17, 15) is 20.1 Å². The highest BCUT2D eigenvalue weighted by molar-refractivity contribution is 5.89. The largest absolute Gasteiger partial charge is 0.478 e. The van der Waals surface area contributed by atoms with Crippen LogP contribution in [0.5, 0.6) is 0 Å². The maximum absolute atomic E-state index is 11.9. The molecule has 0 aliphatic heterocycles. The highest BCUT2D eigenvalue weighted by Gasteiger charge is 2.65. The molecule has 5 saturated carbocycles. The Balaban J connectivity index is 1.19. The minimum Gasteiger partial charge on any atom is -0.478 e. The fourth-order valence-electron chi connectivity index (χ4n) is 11.5. The van der Waals surface area contributed by atoms with Gasteiger partial charge in [0.2, 0.25) is 0 Å². The number of fused-ring (bicyclic) bond motifs is 5. The van der Waals surface area contributed by atoms with Gasteiger partial charge in [-0.05, 0) is 134 Å². The van der Waals surface area contributed by atoms with Gasteiger partial charge >= 0.3 is 5.97 Å². The lowest BCUT2D eigenvalue weighted by Crippen LogP contribution is -2.62. The number of aliphatic hydroxyl groups excluding tert-OH is 2. The highest BCUT2D eigenvalue weighted by Crippen LogP contribution is 2.70. The number of rotatable bonds is 6. The van der Waals surface area contributed by atoms with Gasteiger partial charge in [-0.3, -0.25) is 0 Å². The van der Waals surface area contributed by atoms with E-state index in [0.29, 0.717) is 64.2 Å². The first-order chi connectivity index (χ1) is 18.1. The SMILES string of the molecule is CC[C@H]1[C@@H](O)C2C3CC[C@H]([C@H](C)CC4C[C@H]4c4ccccc4C(=O)O)[C@@]3(C)CCC2[C@@]2(C)CC[C@@H](O)C[C@@H]12. The Hall–Kier alpha value is -1.39. The smallest absolute Gasteiger partial charge is 0.335 e. The van der Waals surface area contributed by atoms with Crippen LogP contribution < -0.4 is 0 Å². The molecule has 0 bridgehead atoms. The van der Waals surface area contributed by atoms with Crippen LogP contribution in [0.3, 0.4) is 0 Å². The van der Waals surface area contributed by atoms with E-state index in [1.165, 1.54) is 32.1 Å². The van der Waals surface area contributed by atoms with Gasteiger partial charge in [-0.15, -0.1) is 0 Å². The third-order valence-electron chi connectivity index (χ3n) is 13.3. The summed E-state index contributed by atoms with van der Waals surface area (Å²) in [6.07, 6.45) is 10.9. The molecule has 0 heterocycles. The van der Waals surface area contributed by atoms with E-state index < -0.39 is 5.97 Å². The molecule has 0 aromatic heterocycles. The quantitative estimate of drug-likeness (QED) is 0.371. The second-order valence-corrected chi connectivity index (χ2v) is 14.8. The Bertz CT molecular complexity index is 1050. The molecule has 0 amide bonds. The van der Waals surface area contributed by atoms with E-state index >= 15 is 0 Å². The van der Waals surface area contributed by atoms with E-state index in [-0.39, 0.29) is 17.6 Å². The Morgan fingerprint density at radius 3 is 2.42 bits per heavy atom. The predicted octanol–water partition coefficient (Wildman–Crippen LogP) is 7.14. The summed E-state index contributed by atoms with van der Waals surface area (Å²) in [6.45, 7) is 9.81. The summed E-state index contributed by atoms with van der Waals surface area (Å²) in [5.74, 6) is 3.88. The summed E-state index contributed by atoms with van der Waals surface area (Å²) in [5, 5.41) is 32.2.